The van der Waals surface area contributed by atoms with E-state index in [1.165, 1.54) is 6.07 Å². The van der Waals surface area contributed by atoms with Crippen LogP contribution in [-0.2, 0) is 0 Å². The maximum atomic E-state index is 14.1. The van der Waals surface area contributed by atoms with Crippen LogP contribution in [0.4, 0.5) is 4.39 Å². The number of benzene rings is 1. The van der Waals surface area contributed by atoms with E-state index in [0.717, 1.165) is 44.6 Å². The highest BCUT2D eigenvalue weighted by atomic mass is 35.5. The van der Waals surface area contributed by atoms with Crippen molar-refractivity contribution in [3.8, 4) is 0 Å². The third-order valence-electron chi connectivity index (χ3n) is 3.48. The number of rotatable bonds is 4. The van der Waals surface area contributed by atoms with Crippen LogP contribution in [0.5, 0.6) is 0 Å². The van der Waals surface area contributed by atoms with Crippen LogP contribution in [0.2, 0.25) is 5.02 Å². The van der Waals surface area contributed by atoms with Crippen LogP contribution in [0.1, 0.15) is 31.4 Å². The van der Waals surface area contributed by atoms with E-state index in [4.69, 9.17) is 11.6 Å². The fraction of sp³-hybridized carbons (Fsp3) is 0.571. The molecule has 1 heterocycles. The molecule has 1 atom stereocenters. The number of hydrogen-bond acceptors (Lipinski definition) is 2. The highest BCUT2D eigenvalue weighted by molar-refractivity contribution is 6.30. The van der Waals surface area contributed by atoms with Gasteiger partial charge in [0.1, 0.15) is 5.82 Å². The van der Waals surface area contributed by atoms with Crippen molar-refractivity contribution in [2.75, 3.05) is 26.2 Å². The Labute approximate surface area is 137 Å². The van der Waals surface area contributed by atoms with Gasteiger partial charge in [-0.25, -0.2) is 4.39 Å². The van der Waals surface area contributed by atoms with Gasteiger partial charge in [-0.3, -0.25) is 4.90 Å². The number of halogens is 4. The van der Waals surface area contributed by atoms with E-state index in [-0.39, 0.29) is 36.7 Å². The highest BCUT2D eigenvalue weighted by Gasteiger charge is 2.23. The summed E-state index contributed by atoms with van der Waals surface area (Å²) in [6.45, 7) is 6.06. The molecule has 0 amide bonds. The minimum Gasteiger partial charge on any atom is -0.314 e. The largest absolute Gasteiger partial charge is 0.314 e. The van der Waals surface area contributed by atoms with Crippen LogP contribution < -0.4 is 5.32 Å². The first-order valence-electron chi connectivity index (χ1n) is 6.62. The molecule has 0 aliphatic carbocycles. The fourth-order valence-electron chi connectivity index (χ4n) is 2.57. The maximum Gasteiger partial charge on any atom is 0.129 e. The van der Waals surface area contributed by atoms with Crippen molar-refractivity contribution in [1.82, 2.24) is 10.2 Å². The number of nitrogens with zero attached hydrogens (tertiary/aromatic N) is 1. The van der Waals surface area contributed by atoms with Crippen molar-refractivity contribution in [2.45, 2.75) is 25.8 Å². The molecule has 1 fully saturated rings. The van der Waals surface area contributed by atoms with E-state index >= 15 is 0 Å². The average molecular weight is 344 g/mol. The maximum absolute atomic E-state index is 14.1. The normalized spacial score (nSPS) is 16.9. The van der Waals surface area contributed by atoms with Crippen molar-refractivity contribution in [3.05, 3.63) is 34.6 Å². The summed E-state index contributed by atoms with van der Waals surface area (Å²) in [5.74, 6) is -0.181. The Bertz CT molecular complexity index is 398. The molecule has 1 aliphatic heterocycles. The first-order valence-corrected chi connectivity index (χ1v) is 7.00. The molecule has 20 heavy (non-hydrogen) atoms. The molecule has 0 spiro atoms. The second kappa shape index (κ2) is 9.80. The van der Waals surface area contributed by atoms with Crippen molar-refractivity contribution in [1.29, 1.82) is 0 Å². The van der Waals surface area contributed by atoms with Crippen molar-refractivity contribution in [2.24, 2.45) is 0 Å². The lowest BCUT2D eigenvalue weighted by molar-refractivity contribution is 0.161. The van der Waals surface area contributed by atoms with Gasteiger partial charge in [0.05, 0.1) is 0 Å². The molecule has 0 bridgehead atoms. The summed E-state index contributed by atoms with van der Waals surface area (Å²) < 4.78 is 14.1. The van der Waals surface area contributed by atoms with Crippen LogP contribution >= 0.6 is 36.4 Å². The molecule has 6 heteroatoms. The Balaban J connectivity index is 0.00000180. The lowest BCUT2D eigenvalue weighted by Crippen LogP contribution is -2.45. The van der Waals surface area contributed by atoms with E-state index in [0.29, 0.717) is 5.02 Å². The molecule has 1 aromatic carbocycles. The van der Waals surface area contributed by atoms with E-state index < -0.39 is 0 Å². The average Bonchev–Trinajstić information content (AvgIpc) is 2.38. The van der Waals surface area contributed by atoms with Gasteiger partial charge in [0.2, 0.25) is 0 Å². The zero-order valence-corrected chi connectivity index (χ0v) is 14.0. The predicted octanol–water partition coefficient (Wildman–Crippen LogP) is 4.07. The van der Waals surface area contributed by atoms with Gasteiger partial charge < -0.3 is 5.32 Å². The smallest absolute Gasteiger partial charge is 0.129 e. The second-order valence-electron chi connectivity index (χ2n) is 4.76. The molecule has 0 unspecified atom stereocenters. The van der Waals surface area contributed by atoms with Gasteiger partial charge in [-0.1, -0.05) is 31.0 Å². The van der Waals surface area contributed by atoms with E-state index in [1.807, 2.05) is 6.07 Å². The van der Waals surface area contributed by atoms with Crippen LogP contribution in [0.3, 0.4) is 0 Å². The van der Waals surface area contributed by atoms with Crippen molar-refractivity contribution in [3.63, 3.8) is 0 Å². The Morgan fingerprint density at radius 2 is 1.95 bits per heavy atom. The second-order valence-corrected chi connectivity index (χ2v) is 5.19. The van der Waals surface area contributed by atoms with Crippen LogP contribution in [0.25, 0.3) is 0 Å². The number of nitrogens with one attached hydrogen (secondary N) is 1. The van der Waals surface area contributed by atoms with Gasteiger partial charge in [0.15, 0.2) is 0 Å². The molecule has 1 saturated heterocycles. The summed E-state index contributed by atoms with van der Waals surface area (Å²) in [7, 11) is 0. The predicted molar refractivity (Wildman–Crippen MR) is 88.0 cm³/mol. The Hall–Kier alpha value is -0.0600. The first-order chi connectivity index (χ1) is 8.72. The third kappa shape index (κ3) is 5.05. The highest BCUT2D eigenvalue weighted by Crippen LogP contribution is 2.29. The molecule has 1 aliphatic rings. The van der Waals surface area contributed by atoms with E-state index in [9.17, 15) is 4.39 Å². The quantitative estimate of drug-likeness (QED) is 0.886. The number of piperazine rings is 1. The van der Waals surface area contributed by atoms with Gasteiger partial charge in [-0.15, -0.1) is 24.8 Å². The van der Waals surface area contributed by atoms with E-state index in [2.05, 4.69) is 17.1 Å². The Kier molecular flexibility index (Phi) is 9.77. The SMILES string of the molecule is CCC[C@H](c1ccc(Cl)cc1F)N1CCNCC1.Cl.Cl. The third-order valence-corrected chi connectivity index (χ3v) is 3.71. The zero-order chi connectivity index (χ0) is 13.0. The monoisotopic (exact) mass is 342 g/mol. The molecule has 116 valence electrons. The molecule has 0 saturated carbocycles. The summed E-state index contributed by atoms with van der Waals surface area (Å²) in [6.07, 6.45) is 2.04. The summed E-state index contributed by atoms with van der Waals surface area (Å²) in [5.41, 5.74) is 0.781. The van der Waals surface area contributed by atoms with Crippen molar-refractivity contribution < 1.29 is 4.39 Å². The molecule has 0 aromatic heterocycles. The van der Waals surface area contributed by atoms with E-state index in [1.54, 1.807) is 6.07 Å². The topological polar surface area (TPSA) is 15.3 Å². The minimum atomic E-state index is -0.181. The van der Waals surface area contributed by atoms with Gasteiger partial charge in [-0.05, 0) is 18.6 Å². The van der Waals surface area contributed by atoms with Crippen LogP contribution in [0.15, 0.2) is 18.2 Å². The number of hydrogen-bond donors (Lipinski definition) is 1. The van der Waals surface area contributed by atoms with Gasteiger partial charge in [0, 0.05) is 42.8 Å². The summed E-state index contributed by atoms with van der Waals surface area (Å²) in [4.78, 5) is 2.37. The summed E-state index contributed by atoms with van der Waals surface area (Å²) in [6, 6.07) is 5.21. The molecule has 1 N–H and O–H groups in total. The lowest BCUT2D eigenvalue weighted by atomic mass is 9.99. The van der Waals surface area contributed by atoms with Crippen molar-refractivity contribution >= 4 is 36.4 Å². The molecule has 1 aromatic rings. The van der Waals surface area contributed by atoms with Gasteiger partial charge in [-0.2, -0.15) is 0 Å². The van der Waals surface area contributed by atoms with Gasteiger partial charge in [0.25, 0.3) is 0 Å². The van der Waals surface area contributed by atoms with Crippen LogP contribution in [0, 0.1) is 5.82 Å². The Morgan fingerprint density at radius 1 is 1.30 bits per heavy atom. The molecule has 0 radical (unpaired) electrons. The van der Waals surface area contributed by atoms with Crippen LogP contribution in [-0.4, -0.2) is 31.1 Å². The zero-order valence-electron chi connectivity index (χ0n) is 11.6. The molecule has 2 rings (SSSR count). The summed E-state index contributed by atoms with van der Waals surface area (Å²) >= 11 is 5.82. The standard InChI is InChI=1S/C14H20ClFN2.2ClH/c1-2-3-14(18-8-6-17-7-9-18)12-5-4-11(15)10-13(12)16;;/h4-5,10,14,17H,2-3,6-9H2,1H3;2*1H/t14-;;/m1../s1. The first kappa shape index (κ1) is 19.9. The summed E-state index contributed by atoms with van der Waals surface area (Å²) in [5, 5.41) is 3.79. The fourth-order valence-corrected chi connectivity index (χ4v) is 2.73. The lowest BCUT2D eigenvalue weighted by Gasteiger charge is -2.35. The molecular formula is C14H22Cl3FN2. The van der Waals surface area contributed by atoms with Gasteiger partial charge >= 0.3 is 0 Å². The minimum absolute atomic E-state index is 0. The molecule has 2 nitrogen and oxygen atoms in total. The molecular weight excluding hydrogens is 322 g/mol. The Morgan fingerprint density at radius 3 is 2.50 bits per heavy atom.